The molecule has 0 saturated carbocycles. The molecule has 0 bridgehead atoms. The molecule has 1 fully saturated rings. The van der Waals surface area contributed by atoms with Gasteiger partial charge in [-0.1, -0.05) is 24.6 Å². The van der Waals surface area contributed by atoms with E-state index >= 15 is 0 Å². The third kappa shape index (κ3) is 5.26. The van der Waals surface area contributed by atoms with Gasteiger partial charge in [0.1, 0.15) is 0 Å². The number of aryl methyl sites for hydroxylation is 1. The minimum Gasteiger partial charge on any atom is -0.342 e. The summed E-state index contributed by atoms with van der Waals surface area (Å²) in [6, 6.07) is 6.60. The molecule has 3 unspecified atom stereocenters. The van der Waals surface area contributed by atoms with Crippen molar-refractivity contribution in [1.82, 2.24) is 9.62 Å². The number of sulfonamides is 1. The molecular weight excluding hydrogens is 338 g/mol. The molecule has 0 aliphatic carbocycles. The lowest BCUT2D eigenvalue weighted by molar-refractivity contribution is -0.137. The minimum atomic E-state index is -3.52. The van der Waals surface area contributed by atoms with E-state index in [1.54, 1.807) is 24.3 Å². The maximum atomic E-state index is 12.4. The number of carbonyl (C=O) groups excluding carboxylic acids is 1. The van der Waals surface area contributed by atoms with Crippen LogP contribution in [-0.4, -0.2) is 44.9 Å². The topological polar surface area (TPSA) is 92.5 Å². The van der Waals surface area contributed by atoms with Gasteiger partial charge in [-0.2, -0.15) is 0 Å². The van der Waals surface area contributed by atoms with E-state index in [-0.39, 0.29) is 28.7 Å². The highest BCUT2D eigenvalue weighted by atomic mass is 32.2. The molecule has 1 aliphatic rings. The van der Waals surface area contributed by atoms with Crippen LogP contribution in [0.5, 0.6) is 0 Å². The Labute approximate surface area is 150 Å². The van der Waals surface area contributed by atoms with E-state index in [4.69, 9.17) is 5.73 Å². The zero-order chi connectivity index (χ0) is 18.6. The molecule has 7 heteroatoms. The molecule has 3 N–H and O–H groups in total. The maximum absolute atomic E-state index is 12.4. The highest BCUT2D eigenvalue weighted by Crippen LogP contribution is 2.19. The Hall–Kier alpha value is -1.44. The van der Waals surface area contributed by atoms with Gasteiger partial charge in [0.25, 0.3) is 0 Å². The maximum Gasteiger partial charge on any atom is 0.240 e. The van der Waals surface area contributed by atoms with E-state index < -0.39 is 10.0 Å². The number of benzene rings is 1. The molecule has 1 saturated heterocycles. The minimum absolute atomic E-state index is 0.0566. The number of likely N-dealkylation sites (tertiary alicyclic amines) is 1. The summed E-state index contributed by atoms with van der Waals surface area (Å²) >= 11 is 0. The Morgan fingerprint density at radius 2 is 1.96 bits per heavy atom. The summed E-state index contributed by atoms with van der Waals surface area (Å²) in [6.45, 7) is 7.23. The molecule has 6 nitrogen and oxygen atoms in total. The highest BCUT2D eigenvalue weighted by Gasteiger charge is 2.29. The van der Waals surface area contributed by atoms with Crippen LogP contribution in [0.3, 0.4) is 0 Å². The van der Waals surface area contributed by atoms with Gasteiger partial charge >= 0.3 is 0 Å². The summed E-state index contributed by atoms with van der Waals surface area (Å²) in [5.41, 5.74) is 6.85. The first-order valence-corrected chi connectivity index (χ1v) is 10.3. The van der Waals surface area contributed by atoms with Crippen LogP contribution in [0.15, 0.2) is 29.2 Å². The molecular formula is C18H29N3O3S. The average Bonchev–Trinajstić information content (AvgIpc) is 2.59. The Morgan fingerprint density at radius 3 is 2.56 bits per heavy atom. The van der Waals surface area contributed by atoms with E-state index in [9.17, 15) is 13.2 Å². The average molecular weight is 368 g/mol. The van der Waals surface area contributed by atoms with Crippen molar-refractivity contribution in [3.63, 3.8) is 0 Å². The standard InChI is InChI=1S/C18H29N3O3S/c1-13-6-8-17(9-7-13)25(23,24)20-11-16-5-4-10-21(12-16)18(22)14(2)15(3)19/h6-9,14-16,20H,4-5,10-12,19H2,1-3H3. The first-order chi connectivity index (χ1) is 11.7. The molecule has 1 aromatic carbocycles. The fourth-order valence-corrected chi connectivity index (χ4v) is 4.09. The van der Waals surface area contributed by atoms with Gasteiger partial charge in [-0.3, -0.25) is 4.79 Å². The third-order valence-electron chi connectivity index (χ3n) is 4.90. The molecule has 1 aliphatic heterocycles. The molecule has 25 heavy (non-hydrogen) atoms. The molecule has 140 valence electrons. The smallest absolute Gasteiger partial charge is 0.240 e. The van der Waals surface area contributed by atoms with Crippen molar-refractivity contribution in [2.24, 2.45) is 17.6 Å². The molecule has 1 heterocycles. The quantitative estimate of drug-likeness (QED) is 0.797. The number of nitrogens with one attached hydrogen (secondary N) is 1. The van der Waals surface area contributed by atoms with Gasteiger partial charge < -0.3 is 10.6 Å². The SMILES string of the molecule is Cc1ccc(S(=O)(=O)NCC2CCCN(C(=O)C(C)C(C)N)C2)cc1. The van der Waals surface area contributed by atoms with Crippen molar-refractivity contribution in [1.29, 1.82) is 0 Å². The van der Waals surface area contributed by atoms with Crippen LogP contribution in [-0.2, 0) is 14.8 Å². The van der Waals surface area contributed by atoms with Crippen LogP contribution in [0.1, 0.15) is 32.3 Å². The summed E-state index contributed by atoms with van der Waals surface area (Å²) < 4.78 is 27.5. The Kier molecular flexibility index (Phi) is 6.59. The predicted molar refractivity (Wildman–Crippen MR) is 98.5 cm³/mol. The Morgan fingerprint density at radius 1 is 1.32 bits per heavy atom. The molecule has 1 aromatic rings. The number of hydrogen-bond acceptors (Lipinski definition) is 4. The first kappa shape index (κ1) is 19.9. The van der Waals surface area contributed by atoms with Crippen LogP contribution in [0, 0.1) is 18.8 Å². The zero-order valence-corrected chi connectivity index (χ0v) is 16.1. The summed E-state index contributed by atoms with van der Waals surface area (Å²) in [4.78, 5) is 14.5. The van der Waals surface area contributed by atoms with Crippen molar-refractivity contribution in [2.45, 2.75) is 44.6 Å². The monoisotopic (exact) mass is 367 g/mol. The molecule has 1 amide bonds. The van der Waals surface area contributed by atoms with Gasteiger partial charge in [0.15, 0.2) is 0 Å². The van der Waals surface area contributed by atoms with Crippen LogP contribution in [0.2, 0.25) is 0 Å². The van der Waals surface area contributed by atoms with Crippen molar-refractivity contribution in [2.75, 3.05) is 19.6 Å². The Bertz CT molecular complexity index is 686. The molecule has 0 spiro atoms. The summed E-state index contributed by atoms with van der Waals surface area (Å²) in [5.74, 6) is -0.0395. The van der Waals surface area contributed by atoms with Gasteiger partial charge in [-0.25, -0.2) is 13.1 Å². The van der Waals surface area contributed by atoms with Crippen LogP contribution < -0.4 is 10.5 Å². The lowest BCUT2D eigenvalue weighted by atomic mass is 9.95. The molecule has 0 aromatic heterocycles. The highest BCUT2D eigenvalue weighted by molar-refractivity contribution is 7.89. The number of nitrogens with zero attached hydrogens (tertiary/aromatic N) is 1. The fraction of sp³-hybridized carbons (Fsp3) is 0.611. The van der Waals surface area contributed by atoms with Crippen molar-refractivity contribution >= 4 is 15.9 Å². The zero-order valence-electron chi connectivity index (χ0n) is 15.2. The van der Waals surface area contributed by atoms with E-state index in [2.05, 4.69) is 4.72 Å². The normalized spacial score (nSPS) is 21.0. The number of nitrogens with two attached hydrogens (primary N) is 1. The second kappa shape index (κ2) is 8.29. The second-order valence-electron chi connectivity index (χ2n) is 7.11. The second-order valence-corrected chi connectivity index (χ2v) is 8.87. The number of rotatable bonds is 6. The Balaban J connectivity index is 1.94. The van der Waals surface area contributed by atoms with Crippen molar-refractivity contribution in [3.8, 4) is 0 Å². The lowest BCUT2D eigenvalue weighted by Crippen LogP contribution is -2.48. The summed E-state index contributed by atoms with van der Waals surface area (Å²) in [6.07, 6.45) is 1.79. The number of amides is 1. The molecule has 3 atom stereocenters. The fourth-order valence-electron chi connectivity index (χ4n) is 2.97. The van der Waals surface area contributed by atoms with Crippen molar-refractivity contribution in [3.05, 3.63) is 29.8 Å². The number of carbonyl (C=O) groups is 1. The van der Waals surface area contributed by atoms with E-state index in [0.717, 1.165) is 24.9 Å². The summed E-state index contributed by atoms with van der Waals surface area (Å²) in [5, 5.41) is 0. The van der Waals surface area contributed by atoms with Crippen LogP contribution >= 0.6 is 0 Å². The molecule has 0 radical (unpaired) electrons. The first-order valence-electron chi connectivity index (χ1n) is 8.81. The lowest BCUT2D eigenvalue weighted by Gasteiger charge is -2.35. The third-order valence-corrected chi connectivity index (χ3v) is 6.34. The largest absolute Gasteiger partial charge is 0.342 e. The molecule has 2 rings (SSSR count). The summed E-state index contributed by atoms with van der Waals surface area (Å²) in [7, 11) is -3.52. The predicted octanol–water partition coefficient (Wildman–Crippen LogP) is 1.50. The van der Waals surface area contributed by atoms with E-state index in [1.807, 2.05) is 25.7 Å². The van der Waals surface area contributed by atoms with Gasteiger partial charge in [-0.15, -0.1) is 0 Å². The van der Waals surface area contributed by atoms with E-state index in [1.165, 1.54) is 0 Å². The van der Waals surface area contributed by atoms with Gasteiger partial charge in [0, 0.05) is 25.7 Å². The van der Waals surface area contributed by atoms with Crippen molar-refractivity contribution < 1.29 is 13.2 Å². The number of hydrogen-bond donors (Lipinski definition) is 2. The number of piperidine rings is 1. The van der Waals surface area contributed by atoms with Crippen LogP contribution in [0.25, 0.3) is 0 Å². The van der Waals surface area contributed by atoms with E-state index in [0.29, 0.717) is 13.1 Å². The van der Waals surface area contributed by atoms with Crippen LogP contribution in [0.4, 0.5) is 0 Å². The van der Waals surface area contributed by atoms with Gasteiger partial charge in [-0.05, 0) is 44.7 Å². The van der Waals surface area contributed by atoms with Gasteiger partial charge in [0.2, 0.25) is 15.9 Å². The van der Waals surface area contributed by atoms with Gasteiger partial charge in [0.05, 0.1) is 10.8 Å².